The monoisotopic (exact) mass is 224 g/mol. The Hall–Kier alpha value is -1.17. The Balaban J connectivity index is 3.79. The van der Waals surface area contributed by atoms with Crippen LogP contribution in [0, 0.1) is 0 Å². The molecule has 0 aliphatic heterocycles. The molecule has 0 aliphatic carbocycles. The Morgan fingerprint density at radius 2 is 1.71 bits per heavy atom. The van der Waals surface area contributed by atoms with Crippen molar-refractivity contribution in [2.45, 2.75) is 6.43 Å². The standard InChI is InChI=1S/C7H7ClF2N2O2/c1-11-4(8)3(5(9)10)6(13)12(2)7(11)14/h5H,1-2H3. The second-order valence-electron chi connectivity index (χ2n) is 2.71. The molecule has 0 aliphatic rings. The first-order valence-electron chi connectivity index (χ1n) is 3.61. The first-order chi connectivity index (χ1) is 6.37. The molecule has 0 atom stereocenters. The third-order valence-electron chi connectivity index (χ3n) is 1.84. The molecule has 14 heavy (non-hydrogen) atoms. The zero-order valence-corrected chi connectivity index (χ0v) is 8.18. The van der Waals surface area contributed by atoms with Gasteiger partial charge in [0.1, 0.15) is 10.7 Å². The predicted octanol–water partition coefficient (Wildman–Crippen LogP) is 0.675. The van der Waals surface area contributed by atoms with Crippen molar-refractivity contribution < 1.29 is 8.78 Å². The average molecular weight is 225 g/mol. The van der Waals surface area contributed by atoms with E-state index in [1.165, 1.54) is 7.05 Å². The Labute approximate surface area is 82.3 Å². The van der Waals surface area contributed by atoms with Gasteiger partial charge in [-0.2, -0.15) is 0 Å². The molecule has 1 aromatic heterocycles. The van der Waals surface area contributed by atoms with E-state index in [4.69, 9.17) is 11.6 Å². The average Bonchev–Trinajstić information content (AvgIpc) is 2.11. The van der Waals surface area contributed by atoms with Crippen molar-refractivity contribution in [1.29, 1.82) is 0 Å². The van der Waals surface area contributed by atoms with E-state index in [-0.39, 0.29) is 0 Å². The molecule has 1 heterocycles. The molecular weight excluding hydrogens is 218 g/mol. The maximum atomic E-state index is 12.4. The summed E-state index contributed by atoms with van der Waals surface area (Å²) < 4.78 is 26.1. The normalized spacial score (nSPS) is 11.0. The van der Waals surface area contributed by atoms with Gasteiger partial charge in [-0.1, -0.05) is 11.6 Å². The molecule has 4 nitrogen and oxygen atoms in total. The fourth-order valence-electron chi connectivity index (χ4n) is 1.03. The van der Waals surface area contributed by atoms with Crippen molar-refractivity contribution in [3.63, 3.8) is 0 Å². The fourth-order valence-corrected chi connectivity index (χ4v) is 1.26. The second kappa shape index (κ2) is 3.53. The Kier molecular flexibility index (Phi) is 2.75. The minimum absolute atomic E-state index is 0.520. The molecule has 0 unspecified atom stereocenters. The summed E-state index contributed by atoms with van der Waals surface area (Å²) >= 11 is 5.44. The van der Waals surface area contributed by atoms with Gasteiger partial charge >= 0.3 is 5.69 Å². The number of alkyl halides is 2. The number of hydrogen-bond donors (Lipinski definition) is 0. The van der Waals surface area contributed by atoms with Crippen LogP contribution in [-0.4, -0.2) is 9.13 Å². The van der Waals surface area contributed by atoms with E-state index in [2.05, 4.69) is 0 Å². The Bertz CT molecular complexity index is 478. The van der Waals surface area contributed by atoms with E-state index < -0.39 is 28.4 Å². The molecule has 0 N–H and O–H groups in total. The van der Waals surface area contributed by atoms with Gasteiger partial charge in [-0.25, -0.2) is 13.6 Å². The highest BCUT2D eigenvalue weighted by Crippen LogP contribution is 2.21. The first kappa shape index (κ1) is 10.9. The summed E-state index contributed by atoms with van der Waals surface area (Å²) in [4.78, 5) is 22.4. The summed E-state index contributed by atoms with van der Waals surface area (Å²) in [6.07, 6.45) is -2.99. The summed E-state index contributed by atoms with van der Waals surface area (Å²) in [7, 11) is 2.34. The van der Waals surface area contributed by atoms with Gasteiger partial charge in [0.15, 0.2) is 0 Å². The largest absolute Gasteiger partial charge is 0.331 e. The van der Waals surface area contributed by atoms with Crippen molar-refractivity contribution in [3.8, 4) is 0 Å². The summed E-state index contributed by atoms with van der Waals surface area (Å²) in [6, 6.07) is 0. The van der Waals surface area contributed by atoms with Gasteiger partial charge in [-0.15, -0.1) is 0 Å². The first-order valence-corrected chi connectivity index (χ1v) is 3.99. The van der Waals surface area contributed by atoms with Crippen LogP contribution in [0.1, 0.15) is 12.0 Å². The zero-order chi connectivity index (χ0) is 11.0. The summed E-state index contributed by atoms with van der Waals surface area (Å²) in [5, 5.41) is -0.520. The maximum absolute atomic E-state index is 12.4. The van der Waals surface area contributed by atoms with E-state index in [0.29, 0.717) is 4.57 Å². The number of hydrogen-bond acceptors (Lipinski definition) is 2. The van der Waals surface area contributed by atoms with Gasteiger partial charge < -0.3 is 0 Å². The van der Waals surface area contributed by atoms with Crippen LogP contribution in [0.3, 0.4) is 0 Å². The molecule has 0 saturated heterocycles. The van der Waals surface area contributed by atoms with Crippen LogP contribution in [-0.2, 0) is 14.1 Å². The third-order valence-corrected chi connectivity index (χ3v) is 2.30. The van der Waals surface area contributed by atoms with Crippen molar-refractivity contribution in [3.05, 3.63) is 31.6 Å². The lowest BCUT2D eigenvalue weighted by Gasteiger charge is -2.08. The van der Waals surface area contributed by atoms with Crippen molar-refractivity contribution >= 4 is 11.6 Å². The van der Waals surface area contributed by atoms with E-state index in [0.717, 1.165) is 11.6 Å². The number of rotatable bonds is 1. The van der Waals surface area contributed by atoms with Crippen molar-refractivity contribution in [2.75, 3.05) is 0 Å². The van der Waals surface area contributed by atoms with Crippen LogP contribution in [0.2, 0.25) is 5.15 Å². The number of aromatic nitrogens is 2. The minimum Gasteiger partial charge on any atom is -0.286 e. The van der Waals surface area contributed by atoms with E-state index in [1.807, 2.05) is 0 Å². The summed E-state index contributed by atoms with van der Waals surface area (Å²) in [6.45, 7) is 0. The van der Waals surface area contributed by atoms with Gasteiger partial charge in [-0.3, -0.25) is 13.9 Å². The van der Waals surface area contributed by atoms with Crippen LogP contribution in [0.5, 0.6) is 0 Å². The fraction of sp³-hybridized carbons (Fsp3) is 0.429. The quantitative estimate of drug-likeness (QED) is 0.659. The lowest BCUT2D eigenvalue weighted by molar-refractivity contribution is 0.148. The minimum atomic E-state index is -2.99. The van der Waals surface area contributed by atoms with Crippen molar-refractivity contribution in [1.82, 2.24) is 9.13 Å². The highest BCUT2D eigenvalue weighted by molar-refractivity contribution is 6.30. The molecule has 1 aromatic rings. The third kappa shape index (κ3) is 1.45. The second-order valence-corrected chi connectivity index (χ2v) is 3.07. The topological polar surface area (TPSA) is 44.0 Å². The van der Waals surface area contributed by atoms with Crippen LogP contribution < -0.4 is 11.2 Å². The SMILES string of the molecule is Cn1c(Cl)c(C(F)F)c(=O)n(C)c1=O. The molecule has 0 bridgehead atoms. The van der Waals surface area contributed by atoms with Gasteiger partial charge in [0.2, 0.25) is 0 Å². The number of halogens is 3. The van der Waals surface area contributed by atoms with E-state index >= 15 is 0 Å². The van der Waals surface area contributed by atoms with Gasteiger partial charge in [0.25, 0.3) is 12.0 Å². The lowest BCUT2D eigenvalue weighted by Crippen LogP contribution is -2.39. The molecule has 0 spiro atoms. The van der Waals surface area contributed by atoms with Crippen LogP contribution in [0.15, 0.2) is 9.59 Å². The molecule has 0 aromatic carbocycles. The van der Waals surface area contributed by atoms with Crippen LogP contribution >= 0.6 is 11.6 Å². The molecule has 7 heteroatoms. The van der Waals surface area contributed by atoms with Crippen LogP contribution in [0.25, 0.3) is 0 Å². The summed E-state index contributed by atoms with van der Waals surface area (Å²) in [5.41, 5.74) is -2.64. The summed E-state index contributed by atoms with van der Waals surface area (Å²) in [5.74, 6) is 0. The zero-order valence-electron chi connectivity index (χ0n) is 7.42. The predicted molar refractivity (Wildman–Crippen MR) is 46.9 cm³/mol. The van der Waals surface area contributed by atoms with Crippen LogP contribution in [0.4, 0.5) is 8.78 Å². The molecule has 0 amide bonds. The lowest BCUT2D eigenvalue weighted by atomic mass is 10.3. The smallest absolute Gasteiger partial charge is 0.286 e. The Morgan fingerprint density at radius 1 is 1.21 bits per heavy atom. The van der Waals surface area contributed by atoms with E-state index in [9.17, 15) is 18.4 Å². The Morgan fingerprint density at radius 3 is 2.14 bits per heavy atom. The maximum Gasteiger partial charge on any atom is 0.331 e. The molecule has 0 saturated carbocycles. The molecular formula is C7H7ClF2N2O2. The molecule has 0 fully saturated rings. The molecule has 1 rings (SSSR count). The van der Waals surface area contributed by atoms with Gasteiger partial charge in [-0.05, 0) is 0 Å². The highest BCUT2D eigenvalue weighted by atomic mass is 35.5. The highest BCUT2D eigenvalue weighted by Gasteiger charge is 2.21. The van der Waals surface area contributed by atoms with Gasteiger partial charge in [0, 0.05) is 14.1 Å². The molecule has 78 valence electrons. The van der Waals surface area contributed by atoms with E-state index in [1.54, 1.807) is 0 Å². The van der Waals surface area contributed by atoms with Gasteiger partial charge in [0.05, 0.1) is 0 Å². The molecule has 0 radical (unpaired) electrons. The number of nitrogens with zero attached hydrogens (tertiary/aromatic N) is 2. The van der Waals surface area contributed by atoms with Crippen molar-refractivity contribution in [2.24, 2.45) is 14.1 Å².